The van der Waals surface area contributed by atoms with Gasteiger partial charge >= 0.3 is 0 Å². The van der Waals surface area contributed by atoms with Crippen LogP contribution in [0.5, 0.6) is 0 Å². The van der Waals surface area contributed by atoms with Crippen LogP contribution in [0.4, 0.5) is 4.39 Å². The van der Waals surface area contributed by atoms with Gasteiger partial charge in [-0.25, -0.2) is 4.39 Å². The highest BCUT2D eigenvalue weighted by Gasteiger charge is 2.21. The highest BCUT2D eigenvalue weighted by Crippen LogP contribution is 2.30. The normalized spacial score (nSPS) is 15.0. The summed E-state index contributed by atoms with van der Waals surface area (Å²) in [6.45, 7) is 0. The van der Waals surface area contributed by atoms with Crippen molar-refractivity contribution in [1.29, 1.82) is 0 Å². The molecule has 2 N–H and O–H groups in total. The molecule has 0 heterocycles. The highest BCUT2D eigenvalue weighted by molar-refractivity contribution is 5.94. The van der Waals surface area contributed by atoms with E-state index < -0.39 is 5.91 Å². The predicted molar refractivity (Wildman–Crippen MR) is 113 cm³/mol. The fourth-order valence-corrected chi connectivity index (χ4v) is 3.97. The summed E-state index contributed by atoms with van der Waals surface area (Å²) in [7, 11) is 0. The molecule has 3 aromatic carbocycles. The van der Waals surface area contributed by atoms with E-state index in [0.29, 0.717) is 11.5 Å². The van der Waals surface area contributed by atoms with Crippen LogP contribution in [-0.4, -0.2) is 5.91 Å². The minimum atomic E-state index is -0.411. The highest BCUT2D eigenvalue weighted by atomic mass is 35.5. The van der Waals surface area contributed by atoms with Gasteiger partial charge in [0.05, 0.1) is 0 Å². The van der Waals surface area contributed by atoms with Crippen LogP contribution in [0.1, 0.15) is 33.5 Å². The van der Waals surface area contributed by atoms with E-state index >= 15 is 0 Å². The Balaban J connectivity index is 0.00000225. The minimum absolute atomic E-state index is 0. The number of carbonyl (C=O) groups is 1. The molecule has 1 atom stereocenters. The smallest absolute Gasteiger partial charge is 0.248 e. The van der Waals surface area contributed by atoms with Crippen molar-refractivity contribution in [2.45, 2.75) is 25.7 Å². The minimum Gasteiger partial charge on any atom is -0.366 e. The Morgan fingerprint density at radius 1 is 0.929 bits per heavy atom. The molecule has 3 aromatic rings. The fourth-order valence-electron chi connectivity index (χ4n) is 3.97. The lowest BCUT2D eigenvalue weighted by Gasteiger charge is -2.10. The first-order chi connectivity index (χ1) is 13.1. The number of amides is 1. The van der Waals surface area contributed by atoms with E-state index in [4.69, 9.17) is 5.73 Å². The van der Waals surface area contributed by atoms with E-state index in [1.807, 2.05) is 24.3 Å². The van der Waals surface area contributed by atoms with Crippen LogP contribution in [0, 0.1) is 11.7 Å². The molecule has 0 fully saturated rings. The van der Waals surface area contributed by atoms with Gasteiger partial charge in [-0.3, -0.25) is 4.79 Å². The molecule has 0 aliphatic heterocycles. The van der Waals surface area contributed by atoms with Crippen LogP contribution < -0.4 is 5.73 Å². The second-order valence-corrected chi connectivity index (χ2v) is 7.37. The molecule has 0 saturated heterocycles. The number of nitrogens with two attached hydrogens (primary N) is 1. The summed E-state index contributed by atoms with van der Waals surface area (Å²) in [5.41, 5.74) is 11.7. The first kappa shape index (κ1) is 20.1. The molecule has 0 bridgehead atoms. The summed E-state index contributed by atoms with van der Waals surface area (Å²) in [5.74, 6) is 0.0463. The third kappa shape index (κ3) is 4.42. The van der Waals surface area contributed by atoms with Gasteiger partial charge in [-0.05, 0) is 83.7 Å². The van der Waals surface area contributed by atoms with Gasteiger partial charge in [-0.15, -0.1) is 12.4 Å². The van der Waals surface area contributed by atoms with Gasteiger partial charge in [0.1, 0.15) is 5.82 Å². The first-order valence-electron chi connectivity index (χ1n) is 9.35. The van der Waals surface area contributed by atoms with E-state index in [2.05, 4.69) is 24.3 Å². The number of hydrogen-bond donors (Lipinski definition) is 1. The molecule has 0 spiro atoms. The van der Waals surface area contributed by atoms with Gasteiger partial charge < -0.3 is 5.73 Å². The lowest BCUT2D eigenvalue weighted by atomic mass is 9.95. The Morgan fingerprint density at radius 3 is 2.43 bits per heavy atom. The molecule has 2 nitrogen and oxygen atoms in total. The number of carbonyl (C=O) groups excluding carboxylic acids is 1. The van der Waals surface area contributed by atoms with Crippen LogP contribution in [0.15, 0.2) is 66.7 Å². The van der Waals surface area contributed by atoms with Crippen molar-refractivity contribution >= 4 is 18.3 Å². The SMILES string of the molecule is Cl.NC(=O)c1cccc(-c2ccc(CCC3Cc4ccc(F)cc4C3)cc2)c1. The van der Waals surface area contributed by atoms with Gasteiger partial charge in [0.15, 0.2) is 0 Å². The molecule has 0 saturated carbocycles. The van der Waals surface area contributed by atoms with Crippen LogP contribution in [0.25, 0.3) is 11.1 Å². The van der Waals surface area contributed by atoms with Gasteiger partial charge in [0.25, 0.3) is 0 Å². The maximum atomic E-state index is 13.4. The molecule has 4 heteroatoms. The maximum Gasteiger partial charge on any atom is 0.248 e. The third-order valence-electron chi connectivity index (χ3n) is 5.46. The number of primary amides is 1. The Bertz CT molecular complexity index is 984. The van der Waals surface area contributed by atoms with Crippen LogP contribution in [0.3, 0.4) is 0 Å². The fraction of sp³-hybridized carbons (Fsp3) is 0.208. The van der Waals surface area contributed by atoms with Crippen molar-refractivity contribution in [3.8, 4) is 11.1 Å². The molecule has 144 valence electrons. The third-order valence-corrected chi connectivity index (χ3v) is 5.46. The topological polar surface area (TPSA) is 43.1 Å². The summed E-state index contributed by atoms with van der Waals surface area (Å²) in [5, 5.41) is 0. The Morgan fingerprint density at radius 2 is 1.68 bits per heavy atom. The molecule has 1 aliphatic carbocycles. The van der Waals surface area contributed by atoms with Crippen molar-refractivity contribution < 1.29 is 9.18 Å². The number of rotatable bonds is 5. The number of benzene rings is 3. The molecular formula is C24H23ClFNO. The Hall–Kier alpha value is -2.65. The number of aryl methyl sites for hydroxylation is 1. The average molecular weight is 396 g/mol. The number of fused-ring (bicyclic) bond motifs is 1. The second-order valence-electron chi connectivity index (χ2n) is 7.37. The number of hydrogen-bond acceptors (Lipinski definition) is 1. The first-order valence-corrected chi connectivity index (χ1v) is 9.35. The Kier molecular flexibility index (Phi) is 6.15. The van der Waals surface area contributed by atoms with Crippen LogP contribution in [0.2, 0.25) is 0 Å². The summed E-state index contributed by atoms with van der Waals surface area (Å²) < 4.78 is 13.4. The van der Waals surface area contributed by atoms with Crippen LogP contribution >= 0.6 is 12.4 Å². The standard InChI is InChI=1S/C24H22FNO.ClH/c25-23-11-10-20-12-17(13-22(20)15-23)5-4-16-6-8-18(9-7-16)19-2-1-3-21(14-19)24(26)27;/h1-3,6-11,14-15,17H,4-5,12-13H2,(H2,26,27);1H. The van der Waals surface area contributed by atoms with E-state index in [1.165, 1.54) is 16.7 Å². The Labute approximate surface area is 171 Å². The molecule has 28 heavy (non-hydrogen) atoms. The predicted octanol–water partition coefficient (Wildman–Crippen LogP) is 5.36. The van der Waals surface area contributed by atoms with Crippen molar-refractivity contribution in [3.63, 3.8) is 0 Å². The molecule has 4 rings (SSSR count). The van der Waals surface area contributed by atoms with Crippen molar-refractivity contribution in [3.05, 3.63) is 94.8 Å². The quantitative estimate of drug-likeness (QED) is 0.620. The van der Waals surface area contributed by atoms with Crippen molar-refractivity contribution in [2.24, 2.45) is 11.7 Å². The zero-order valence-electron chi connectivity index (χ0n) is 15.5. The summed E-state index contributed by atoms with van der Waals surface area (Å²) in [6.07, 6.45) is 4.15. The van der Waals surface area contributed by atoms with E-state index in [0.717, 1.165) is 36.8 Å². The molecular weight excluding hydrogens is 373 g/mol. The number of halogens is 2. The zero-order chi connectivity index (χ0) is 18.8. The zero-order valence-corrected chi connectivity index (χ0v) is 16.3. The molecule has 0 aromatic heterocycles. The lowest BCUT2D eigenvalue weighted by molar-refractivity contribution is 0.100. The van der Waals surface area contributed by atoms with Gasteiger partial charge in [-0.2, -0.15) is 0 Å². The van der Waals surface area contributed by atoms with E-state index in [-0.39, 0.29) is 18.2 Å². The van der Waals surface area contributed by atoms with E-state index in [9.17, 15) is 9.18 Å². The van der Waals surface area contributed by atoms with Gasteiger partial charge in [0.2, 0.25) is 5.91 Å². The maximum absolute atomic E-state index is 13.4. The average Bonchev–Trinajstić information content (AvgIpc) is 3.09. The lowest BCUT2D eigenvalue weighted by Crippen LogP contribution is -2.10. The molecule has 1 unspecified atom stereocenters. The van der Waals surface area contributed by atoms with Crippen LogP contribution in [-0.2, 0) is 19.3 Å². The van der Waals surface area contributed by atoms with Crippen molar-refractivity contribution in [2.75, 3.05) is 0 Å². The monoisotopic (exact) mass is 395 g/mol. The molecule has 1 amide bonds. The summed E-state index contributed by atoms with van der Waals surface area (Å²) in [4.78, 5) is 11.4. The van der Waals surface area contributed by atoms with Gasteiger partial charge in [-0.1, -0.05) is 42.5 Å². The molecule has 1 aliphatic rings. The largest absolute Gasteiger partial charge is 0.366 e. The molecule has 0 radical (unpaired) electrons. The second kappa shape index (κ2) is 8.57. The summed E-state index contributed by atoms with van der Waals surface area (Å²) >= 11 is 0. The summed E-state index contributed by atoms with van der Waals surface area (Å²) in [6, 6.07) is 21.0. The van der Waals surface area contributed by atoms with Gasteiger partial charge in [0, 0.05) is 5.56 Å². The van der Waals surface area contributed by atoms with Crippen molar-refractivity contribution in [1.82, 2.24) is 0 Å². The van der Waals surface area contributed by atoms with E-state index in [1.54, 1.807) is 18.2 Å².